The molecule has 0 saturated carbocycles. The van der Waals surface area contributed by atoms with E-state index in [2.05, 4.69) is 20.6 Å². The SMILES string of the molecule is CCc1cc(NC(=O)Cn2ccc(C(F)(F)F)n2)n[nH]1. The molecule has 0 radical (unpaired) electrons. The average molecular weight is 287 g/mol. The number of carbonyl (C=O) groups excluding carboxylic acids is 1. The molecule has 0 spiro atoms. The van der Waals surface area contributed by atoms with E-state index >= 15 is 0 Å². The maximum atomic E-state index is 12.3. The molecule has 0 saturated heterocycles. The van der Waals surface area contributed by atoms with Crippen LogP contribution in [0.4, 0.5) is 19.0 Å². The monoisotopic (exact) mass is 287 g/mol. The fraction of sp³-hybridized carbons (Fsp3) is 0.364. The second kappa shape index (κ2) is 5.35. The van der Waals surface area contributed by atoms with Crippen molar-refractivity contribution in [1.82, 2.24) is 20.0 Å². The molecular weight excluding hydrogens is 275 g/mol. The Morgan fingerprint density at radius 3 is 2.80 bits per heavy atom. The maximum absolute atomic E-state index is 12.3. The molecule has 0 aliphatic heterocycles. The lowest BCUT2D eigenvalue weighted by Crippen LogP contribution is -2.20. The van der Waals surface area contributed by atoms with E-state index in [-0.39, 0.29) is 6.54 Å². The van der Waals surface area contributed by atoms with Crippen LogP contribution in [0, 0.1) is 0 Å². The summed E-state index contributed by atoms with van der Waals surface area (Å²) in [4.78, 5) is 11.6. The minimum Gasteiger partial charge on any atom is -0.308 e. The van der Waals surface area contributed by atoms with Gasteiger partial charge in [-0.1, -0.05) is 6.92 Å². The van der Waals surface area contributed by atoms with Crippen LogP contribution in [0.15, 0.2) is 18.3 Å². The molecule has 0 aliphatic carbocycles. The standard InChI is InChI=1S/C11H12F3N5O/c1-2-7-5-9(17-16-7)15-10(20)6-19-4-3-8(18-19)11(12,13)14/h3-5H,2,6H2,1H3,(H2,15,16,17,20). The van der Waals surface area contributed by atoms with E-state index in [0.29, 0.717) is 5.82 Å². The molecule has 2 heterocycles. The zero-order valence-corrected chi connectivity index (χ0v) is 10.5. The fourth-order valence-electron chi connectivity index (χ4n) is 1.54. The number of hydrogen-bond donors (Lipinski definition) is 2. The van der Waals surface area contributed by atoms with Gasteiger partial charge in [-0.05, 0) is 12.5 Å². The Morgan fingerprint density at radius 1 is 1.50 bits per heavy atom. The summed E-state index contributed by atoms with van der Waals surface area (Å²) in [6.45, 7) is 1.60. The third kappa shape index (κ3) is 3.37. The van der Waals surface area contributed by atoms with E-state index < -0.39 is 17.8 Å². The first-order chi connectivity index (χ1) is 9.38. The molecule has 2 rings (SSSR count). The van der Waals surface area contributed by atoms with Gasteiger partial charge in [0.05, 0.1) is 0 Å². The van der Waals surface area contributed by atoms with Crippen molar-refractivity contribution < 1.29 is 18.0 Å². The second-order valence-electron chi connectivity index (χ2n) is 4.08. The number of aromatic amines is 1. The number of rotatable bonds is 4. The quantitative estimate of drug-likeness (QED) is 0.900. The van der Waals surface area contributed by atoms with Gasteiger partial charge in [0.1, 0.15) is 6.54 Å². The highest BCUT2D eigenvalue weighted by atomic mass is 19.4. The van der Waals surface area contributed by atoms with Crippen LogP contribution in [0.2, 0.25) is 0 Å². The Morgan fingerprint density at radius 2 is 2.25 bits per heavy atom. The van der Waals surface area contributed by atoms with Crippen molar-refractivity contribution in [2.45, 2.75) is 26.1 Å². The number of alkyl halides is 3. The van der Waals surface area contributed by atoms with Gasteiger partial charge in [0.25, 0.3) is 0 Å². The van der Waals surface area contributed by atoms with Gasteiger partial charge in [0.2, 0.25) is 5.91 Å². The summed E-state index contributed by atoms with van der Waals surface area (Å²) in [6.07, 6.45) is -2.68. The van der Waals surface area contributed by atoms with Crippen molar-refractivity contribution >= 4 is 11.7 Å². The van der Waals surface area contributed by atoms with Gasteiger partial charge < -0.3 is 5.32 Å². The zero-order chi connectivity index (χ0) is 14.8. The smallest absolute Gasteiger partial charge is 0.308 e. The molecule has 20 heavy (non-hydrogen) atoms. The molecule has 2 N–H and O–H groups in total. The van der Waals surface area contributed by atoms with Gasteiger partial charge in [-0.2, -0.15) is 23.4 Å². The molecular formula is C11H12F3N5O. The molecule has 0 aromatic carbocycles. The maximum Gasteiger partial charge on any atom is 0.435 e. The molecule has 2 aromatic rings. The van der Waals surface area contributed by atoms with E-state index in [0.717, 1.165) is 29.1 Å². The third-order valence-electron chi connectivity index (χ3n) is 2.52. The van der Waals surface area contributed by atoms with Crippen molar-refractivity contribution in [2.24, 2.45) is 0 Å². The van der Waals surface area contributed by atoms with Crippen molar-refractivity contribution in [3.8, 4) is 0 Å². The van der Waals surface area contributed by atoms with Crippen LogP contribution in [0.3, 0.4) is 0 Å². The molecule has 0 atom stereocenters. The predicted octanol–water partition coefficient (Wildman–Crippen LogP) is 1.83. The number of H-pyrrole nitrogens is 1. The number of amides is 1. The molecule has 0 fully saturated rings. The summed E-state index contributed by atoms with van der Waals surface area (Å²) in [6, 6.07) is 2.47. The number of halogens is 3. The van der Waals surface area contributed by atoms with Crippen LogP contribution in [0.5, 0.6) is 0 Å². The van der Waals surface area contributed by atoms with Gasteiger partial charge in [-0.3, -0.25) is 14.6 Å². The lowest BCUT2D eigenvalue weighted by Gasteiger charge is -2.03. The largest absolute Gasteiger partial charge is 0.435 e. The molecule has 0 unspecified atom stereocenters. The Kier molecular flexibility index (Phi) is 3.77. The molecule has 9 heteroatoms. The van der Waals surface area contributed by atoms with Gasteiger partial charge >= 0.3 is 6.18 Å². The van der Waals surface area contributed by atoms with E-state index in [1.54, 1.807) is 6.07 Å². The summed E-state index contributed by atoms with van der Waals surface area (Å²) in [5, 5.41) is 12.3. The Labute approximate surface area is 112 Å². The lowest BCUT2D eigenvalue weighted by molar-refractivity contribution is -0.141. The van der Waals surface area contributed by atoms with E-state index in [9.17, 15) is 18.0 Å². The summed E-state index contributed by atoms with van der Waals surface area (Å²) < 4.78 is 37.9. The minimum absolute atomic E-state index is 0.315. The molecule has 0 bridgehead atoms. The fourth-order valence-corrected chi connectivity index (χ4v) is 1.54. The molecule has 6 nitrogen and oxygen atoms in total. The van der Waals surface area contributed by atoms with Crippen molar-refractivity contribution in [2.75, 3.05) is 5.32 Å². The first-order valence-electron chi connectivity index (χ1n) is 5.83. The topological polar surface area (TPSA) is 75.6 Å². The summed E-state index contributed by atoms with van der Waals surface area (Å²) in [5.41, 5.74) is -0.183. The number of nitrogens with zero attached hydrogens (tertiary/aromatic N) is 3. The van der Waals surface area contributed by atoms with Crippen LogP contribution in [-0.2, 0) is 23.9 Å². The average Bonchev–Trinajstić information content (AvgIpc) is 2.97. The van der Waals surface area contributed by atoms with Crippen LogP contribution in [0.1, 0.15) is 18.3 Å². The molecule has 0 aliphatic rings. The first kappa shape index (κ1) is 14.1. The van der Waals surface area contributed by atoms with Crippen LogP contribution in [0.25, 0.3) is 0 Å². The number of hydrogen-bond acceptors (Lipinski definition) is 3. The van der Waals surface area contributed by atoms with Crippen LogP contribution in [-0.4, -0.2) is 25.9 Å². The minimum atomic E-state index is -4.51. The number of anilines is 1. The number of carbonyl (C=O) groups is 1. The lowest BCUT2D eigenvalue weighted by atomic mass is 10.3. The van der Waals surface area contributed by atoms with Gasteiger partial charge in [-0.15, -0.1) is 0 Å². The summed E-state index contributed by atoms with van der Waals surface area (Å²) >= 11 is 0. The van der Waals surface area contributed by atoms with Gasteiger partial charge in [0, 0.05) is 18.0 Å². The van der Waals surface area contributed by atoms with Crippen LogP contribution >= 0.6 is 0 Å². The second-order valence-corrected chi connectivity index (χ2v) is 4.08. The Balaban J connectivity index is 1.96. The van der Waals surface area contributed by atoms with Crippen LogP contribution < -0.4 is 5.32 Å². The van der Waals surface area contributed by atoms with Crippen molar-refractivity contribution in [3.05, 3.63) is 29.7 Å². The normalized spacial score (nSPS) is 11.6. The molecule has 1 amide bonds. The van der Waals surface area contributed by atoms with E-state index in [4.69, 9.17) is 0 Å². The zero-order valence-electron chi connectivity index (χ0n) is 10.5. The number of aryl methyl sites for hydroxylation is 1. The van der Waals surface area contributed by atoms with E-state index in [1.165, 1.54) is 0 Å². The predicted molar refractivity (Wildman–Crippen MR) is 63.8 cm³/mol. The van der Waals surface area contributed by atoms with Gasteiger partial charge in [-0.25, -0.2) is 0 Å². The highest BCUT2D eigenvalue weighted by Crippen LogP contribution is 2.27. The molecule has 2 aromatic heterocycles. The first-order valence-corrected chi connectivity index (χ1v) is 5.83. The number of nitrogens with one attached hydrogen (secondary N) is 2. The number of aromatic nitrogens is 4. The third-order valence-corrected chi connectivity index (χ3v) is 2.52. The summed E-state index contributed by atoms with van der Waals surface area (Å²) in [5.74, 6) is -0.175. The summed E-state index contributed by atoms with van der Waals surface area (Å²) in [7, 11) is 0. The Bertz CT molecular complexity index is 601. The highest BCUT2D eigenvalue weighted by molar-refractivity contribution is 5.89. The Hall–Kier alpha value is -2.32. The van der Waals surface area contributed by atoms with Crippen molar-refractivity contribution in [3.63, 3.8) is 0 Å². The van der Waals surface area contributed by atoms with Gasteiger partial charge in [0.15, 0.2) is 11.5 Å². The molecule has 108 valence electrons. The van der Waals surface area contributed by atoms with Crippen molar-refractivity contribution in [1.29, 1.82) is 0 Å². The highest BCUT2D eigenvalue weighted by Gasteiger charge is 2.33. The van der Waals surface area contributed by atoms with E-state index in [1.807, 2.05) is 6.92 Å².